The van der Waals surface area contributed by atoms with Crippen molar-refractivity contribution in [2.45, 2.75) is 24.3 Å². The Labute approximate surface area is 167 Å². The number of imide groups is 1. The van der Waals surface area contributed by atoms with Gasteiger partial charge < -0.3 is 14.2 Å². The number of benzene rings is 2. The fourth-order valence-corrected chi connectivity index (χ4v) is 4.21. The Morgan fingerprint density at radius 1 is 1.03 bits per heavy atom. The Morgan fingerprint density at radius 3 is 2.48 bits per heavy atom. The highest BCUT2D eigenvalue weighted by Crippen LogP contribution is 2.35. The van der Waals surface area contributed by atoms with Crippen LogP contribution in [0.5, 0.6) is 17.2 Å². The molecular weight excluding hydrogens is 400 g/mol. The first-order valence-corrected chi connectivity index (χ1v) is 10.3. The Kier molecular flexibility index (Phi) is 4.89. The van der Waals surface area contributed by atoms with E-state index in [1.54, 1.807) is 18.2 Å². The molecule has 0 saturated carbocycles. The SMILES string of the molecule is COc1ccc(S(=O)(=O)NCc2ccc3c(c2)OCO3)cc1N1C(=O)CCC1=O. The van der Waals surface area contributed by atoms with E-state index in [0.29, 0.717) is 17.1 Å². The van der Waals surface area contributed by atoms with E-state index in [1.807, 2.05) is 0 Å². The molecule has 2 heterocycles. The minimum atomic E-state index is -3.91. The first-order chi connectivity index (χ1) is 13.9. The van der Waals surface area contributed by atoms with Crippen LogP contribution in [0.15, 0.2) is 41.3 Å². The second-order valence-corrected chi connectivity index (χ2v) is 8.24. The van der Waals surface area contributed by atoms with Gasteiger partial charge in [-0.05, 0) is 35.9 Å². The molecule has 152 valence electrons. The van der Waals surface area contributed by atoms with Gasteiger partial charge >= 0.3 is 0 Å². The maximum Gasteiger partial charge on any atom is 0.240 e. The second kappa shape index (κ2) is 7.37. The lowest BCUT2D eigenvalue weighted by molar-refractivity contribution is -0.121. The molecule has 1 saturated heterocycles. The molecule has 10 heteroatoms. The zero-order valence-corrected chi connectivity index (χ0v) is 16.3. The molecule has 9 nitrogen and oxygen atoms in total. The number of hydrogen-bond acceptors (Lipinski definition) is 7. The Balaban J connectivity index is 1.59. The summed E-state index contributed by atoms with van der Waals surface area (Å²) in [7, 11) is -2.53. The highest BCUT2D eigenvalue weighted by Gasteiger charge is 2.33. The summed E-state index contributed by atoms with van der Waals surface area (Å²) in [4.78, 5) is 25.0. The van der Waals surface area contributed by atoms with Gasteiger partial charge in [0.05, 0.1) is 17.7 Å². The zero-order chi connectivity index (χ0) is 20.6. The largest absolute Gasteiger partial charge is 0.495 e. The molecule has 1 fully saturated rings. The maximum absolute atomic E-state index is 12.8. The number of nitrogens with one attached hydrogen (secondary N) is 1. The van der Waals surface area contributed by atoms with Gasteiger partial charge in [-0.2, -0.15) is 0 Å². The third kappa shape index (κ3) is 3.64. The second-order valence-electron chi connectivity index (χ2n) is 6.47. The molecule has 29 heavy (non-hydrogen) atoms. The molecule has 2 amide bonds. The summed E-state index contributed by atoms with van der Waals surface area (Å²) in [6.45, 7) is 0.162. The molecule has 1 N–H and O–H groups in total. The van der Waals surface area contributed by atoms with E-state index >= 15 is 0 Å². The summed E-state index contributed by atoms with van der Waals surface area (Å²) in [5.41, 5.74) is 0.808. The summed E-state index contributed by atoms with van der Waals surface area (Å²) in [5.74, 6) is 0.617. The summed E-state index contributed by atoms with van der Waals surface area (Å²) in [5, 5.41) is 0. The number of nitrogens with zero attached hydrogens (tertiary/aromatic N) is 1. The predicted molar refractivity (Wildman–Crippen MR) is 101 cm³/mol. The highest BCUT2D eigenvalue weighted by atomic mass is 32.2. The van der Waals surface area contributed by atoms with Gasteiger partial charge in [0, 0.05) is 19.4 Å². The highest BCUT2D eigenvalue weighted by molar-refractivity contribution is 7.89. The molecule has 2 aliphatic heterocycles. The maximum atomic E-state index is 12.8. The molecular formula is C19H18N2O7S. The van der Waals surface area contributed by atoms with Crippen LogP contribution in [0, 0.1) is 0 Å². The summed E-state index contributed by atoms with van der Waals surface area (Å²) in [6, 6.07) is 9.19. The minimum Gasteiger partial charge on any atom is -0.495 e. The first-order valence-electron chi connectivity index (χ1n) is 8.81. The zero-order valence-electron chi connectivity index (χ0n) is 15.5. The molecule has 0 atom stereocenters. The van der Waals surface area contributed by atoms with E-state index in [2.05, 4.69) is 4.72 Å². The number of sulfonamides is 1. The lowest BCUT2D eigenvalue weighted by Crippen LogP contribution is -2.29. The fourth-order valence-electron chi connectivity index (χ4n) is 3.17. The molecule has 0 spiro atoms. The normalized spacial score (nSPS) is 15.8. The molecule has 0 aromatic heterocycles. The molecule has 2 aromatic rings. The van der Waals surface area contributed by atoms with Crippen molar-refractivity contribution in [3.63, 3.8) is 0 Å². The van der Waals surface area contributed by atoms with Gasteiger partial charge in [0.1, 0.15) is 5.75 Å². The van der Waals surface area contributed by atoms with Crippen LogP contribution in [0.25, 0.3) is 0 Å². The number of amides is 2. The van der Waals surface area contributed by atoms with Crippen molar-refractivity contribution in [1.82, 2.24) is 4.72 Å². The lowest BCUT2D eigenvalue weighted by Gasteiger charge is -2.18. The Bertz CT molecular complexity index is 1080. The van der Waals surface area contributed by atoms with Gasteiger partial charge in [0.2, 0.25) is 28.6 Å². The van der Waals surface area contributed by atoms with E-state index in [9.17, 15) is 18.0 Å². The van der Waals surface area contributed by atoms with E-state index in [4.69, 9.17) is 14.2 Å². The van der Waals surface area contributed by atoms with Crippen LogP contribution in [0.2, 0.25) is 0 Å². The van der Waals surface area contributed by atoms with Crippen LogP contribution in [0.4, 0.5) is 5.69 Å². The van der Waals surface area contributed by atoms with Gasteiger partial charge in [-0.15, -0.1) is 0 Å². The monoisotopic (exact) mass is 418 g/mol. The number of rotatable bonds is 6. The van der Waals surface area contributed by atoms with Gasteiger partial charge in [-0.25, -0.2) is 18.0 Å². The molecule has 0 aliphatic carbocycles. The molecule has 2 aliphatic rings. The first kappa shape index (κ1) is 19.2. The number of anilines is 1. The van der Waals surface area contributed by atoms with E-state index in [1.165, 1.54) is 25.3 Å². The van der Waals surface area contributed by atoms with Crippen LogP contribution in [0.3, 0.4) is 0 Å². The van der Waals surface area contributed by atoms with Gasteiger partial charge in [0.15, 0.2) is 11.5 Å². The van der Waals surface area contributed by atoms with Crippen LogP contribution < -0.4 is 23.8 Å². The van der Waals surface area contributed by atoms with E-state index in [0.717, 1.165) is 4.90 Å². The minimum absolute atomic E-state index is 0.0297. The number of hydrogen-bond donors (Lipinski definition) is 1. The van der Waals surface area contributed by atoms with E-state index < -0.39 is 21.8 Å². The smallest absolute Gasteiger partial charge is 0.240 e. The molecule has 4 rings (SSSR count). The van der Waals surface area contributed by atoms with Crippen molar-refractivity contribution in [2.24, 2.45) is 0 Å². The number of ether oxygens (including phenoxy) is 3. The predicted octanol–water partition coefficient (Wildman–Crippen LogP) is 1.56. The number of methoxy groups -OCH3 is 1. The van der Waals surface area contributed by atoms with Crippen molar-refractivity contribution in [3.8, 4) is 17.2 Å². The average Bonchev–Trinajstić information content (AvgIpc) is 3.31. The Morgan fingerprint density at radius 2 is 1.76 bits per heavy atom. The average molecular weight is 418 g/mol. The number of fused-ring (bicyclic) bond motifs is 1. The van der Waals surface area contributed by atoms with Crippen LogP contribution in [-0.2, 0) is 26.2 Å². The van der Waals surface area contributed by atoms with Crippen molar-refractivity contribution in [3.05, 3.63) is 42.0 Å². The van der Waals surface area contributed by atoms with Crippen LogP contribution in [0.1, 0.15) is 18.4 Å². The van der Waals surface area contributed by atoms with Gasteiger partial charge in [-0.1, -0.05) is 6.07 Å². The molecule has 0 bridgehead atoms. The number of carbonyl (C=O) groups is 2. The number of carbonyl (C=O) groups excluding carboxylic acids is 2. The quantitative estimate of drug-likeness (QED) is 0.709. The lowest BCUT2D eigenvalue weighted by atomic mass is 10.2. The molecule has 2 aromatic carbocycles. The van der Waals surface area contributed by atoms with Crippen LogP contribution >= 0.6 is 0 Å². The third-order valence-electron chi connectivity index (χ3n) is 4.66. The Hall–Kier alpha value is -3.11. The van der Waals surface area contributed by atoms with Gasteiger partial charge in [0.25, 0.3) is 0 Å². The standard InChI is InChI=1S/C19H18N2O7S/c1-26-15-5-3-13(9-14(15)21-18(22)6-7-19(21)23)29(24,25)20-10-12-2-4-16-17(8-12)28-11-27-16/h2-5,8-9,20H,6-7,10-11H2,1H3. The fraction of sp³-hybridized carbons (Fsp3) is 0.263. The van der Waals surface area contributed by atoms with Crippen molar-refractivity contribution in [2.75, 3.05) is 18.8 Å². The van der Waals surface area contributed by atoms with Crippen LogP contribution in [-0.4, -0.2) is 34.1 Å². The third-order valence-corrected chi connectivity index (χ3v) is 6.06. The molecule has 0 unspecified atom stereocenters. The van der Waals surface area contributed by atoms with Crippen molar-refractivity contribution < 1.29 is 32.2 Å². The summed E-state index contributed by atoms with van der Waals surface area (Å²) >= 11 is 0. The van der Waals surface area contributed by atoms with Crippen molar-refractivity contribution >= 4 is 27.5 Å². The summed E-state index contributed by atoms with van der Waals surface area (Å²) in [6.07, 6.45) is 0.169. The van der Waals surface area contributed by atoms with Gasteiger partial charge in [-0.3, -0.25) is 9.59 Å². The van der Waals surface area contributed by atoms with E-state index in [-0.39, 0.29) is 42.5 Å². The van der Waals surface area contributed by atoms with Crippen molar-refractivity contribution in [1.29, 1.82) is 0 Å². The molecule has 0 radical (unpaired) electrons. The summed E-state index contributed by atoms with van der Waals surface area (Å²) < 4.78 is 43.8. The topological polar surface area (TPSA) is 111 Å².